The van der Waals surface area contributed by atoms with Gasteiger partial charge in [0, 0.05) is 10.5 Å². The Hall–Kier alpha value is -1.47. The van der Waals surface area contributed by atoms with Crippen molar-refractivity contribution in [1.82, 2.24) is 5.32 Å². The highest BCUT2D eigenvalue weighted by Gasteiger charge is 2.35. The number of thioether (sulfide) groups is 1. The molecule has 0 aliphatic carbocycles. The molecule has 0 saturated carbocycles. The van der Waals surface area contributed by atoms with Crippen LogP contribution >= 0.6 is 11.8 Å². The van der Waals surface area contributed by atoms with Crippen LogP contribution in [0.25, 0.3) is 0 Å². The Morgan fingerprint density at radius 3 is 3.06 bits per heavy atom. The highest BCUT2D eigenvalue weighted by molar-refractivity contribution is 8.00. The number of aliphatic imine (C=N–C) groups is 1. The van der Waals surface area contributed by atoms with Crippen molar-refractivity contribution in [2.75, 3.05) is 0 Å². The standard InChI is InChI=1S/C13H15N3S/c1-13(2)12(16-9-15-8-14)11-6-4-3-5-10(11)7-17-13/h3-6,9,12H,7H2,1-2H3,(H,15,16). The molecule has 0 saturated heterocycles. The maximum atomic E-state index is 8.46. The van der Waals surface area contributed by atoms with Crippen LogP contribution in [0.1, 0.15) is 31.0 Å². The van der Waals surface area contributed by atoms with Crippen molar-refractivity contribution in [1.29, 1.82) is 5.26 Å². The van der Waals surface area contributed by atoms with E-state index in [1.54, 1.807) is 0 Å². The minimum Gasteiger partial charge on any atom is -0.283 e. The van der Waals surface area contributed by atoms with Crippen molar-refractivity contribution < 1.29 is 0 Å². The molecule has 1 atom stereocenters. The lowest BCUT2D eigenvalue weighted by Gasteiger charge is -2.36. The molecule has 0 radical (unpaired) electrons. The van der Waals surface area contributed by atoms with Gasteiger partial charge in [0.1, 0.15) is 0 Å². The molecule has 1 unspecified atom stereocenters. The van der Waals surface area contributed by atoms with Gasteiger partial charge in [0.25, 0.3) is 0 Å². The Balaban J connectivity index is 2.36. The number of fused-ring (bicyclic) bond motifs is 1. The monoisotopic (exact) mass is 245 g/mol. The van der Waals surface area contributed by atoms with E-state index >= 15 is 0 Å². The molecular formula is C13H15N3S. The lowest BCUT2D eigenvalue weighted by molar-refractivity contribution is 0.555. The summed E-state index contributed by atoms with van der Waals surface area (Å²) < 4.78 is 0.0575. The third-order valence-corrected chi connectivity index (χ3v) is 4.38. The second-order valence-corrected chi connectivity index (χ2v) is 6.16. The zero-order valence-corrected chi connectivity index (χ0v) is 10.8. The first-order valence-electron chi connectivity index (χ1n) is 5.53. The average molecular weight is 245 g/mol. The number of hydrogen-bond donors (Lipinski definition) is 1. The van der Waals surface area contributed by atoms with Gasteiger partial charge < -0.3 is 0 Å². The number of nitriles is 1. The summed E-state index contributed by atoms with van der Waals surface area (Å²) in [6.07, 6.45) is 3.35. The quantitative estimate of drug-likeness (QED) is 0.377. The van der Waals surface area contributed by atoms with Gasteiger partial charge in [-0.05, 0) is 25.0 Å². The largest absolute Gasteiger partial charge is 0.283 e. The van der Waals surface area contributed by atoms with E-state index in [4.69, 9.17) is 5.26 Å². The first-order chi connectivity index (χ1) is 8.15. The maximum Gasteiger partial charge on any atom is 0.182 e. The molecule has 0 spiro atoms. The summed E-state index contributed by atoms with van der Waals surface area (Å²) in [5, 5.41) is 10.9. The third kappa shape index (κ3) is 2.45. The van der Waals surface area contributed by atoms with Crippen molar-refractivity contribution in [2.45, 2.75) is 30.4 Å². The van der Waals surface area contributed by atoms with E-state index in [2.05, 4.69) is 42.4 Å². The van der Waals surface area contributed by atoms with Gasteiger partial charge in [-0.2, -0.15) is 5.26 Å². The molecule has 2 rings (SSSR count). The van der Waals surface area contributed by atoms with Gasteiger partial charge in [-0.15, -0.1) is 11.8 Å². The second-order valence-electron chi connectivity index (χ2n) is 4.53. The van der Waals surface area contributed by atoms with Crippen molar-refractivity contribution >= 4 is 18.1 Å². The van der Waals surface area contributed by atoms with E-state index in [9.17, 15) is 0 Å². The highest BCUT2D eigenvalue weighted by Crippen LogP contribution is 2.47. The van der Waals surface area contributed by atoms with Gasteiger partial charge in [0.15, 0.2) is 6.19 Å². The van der Waals surface area contributed by atoms with Crippen LogP contribution in [0.3, 0.4) is 0 Å². The second kappa shape index (κ2) is 4.80. The molecule has 1 heterocycles. The SMILES string of the molecule is CC1(C)SCc2ccccc2C1N=CNC#N. The number of benzene rings is 1. The predicted molar refractivity (Wildman–Crippen MR) is 71.8 cm³/mol. The molecule has 1 aromatic rings. The lowest BCUT2D eigenvalue weighted by Crippen LogP contribution is -2.29. The summed E-state index contributed by atoms with van der Waals surface area (Å²) in [5.74, 6) is 1.03. The molecule has 0 aromatic heterocycles. The summed E-state index contributed by atoms with van der Waals surface area (Å²) in [4.78, 5) is 4.49. The van der Waals surface area contributed by atoms with E-state index in [-0.39, 0.29) is 10.8 Å². The summed E-state index contributed by atoms with van der Waals surface area (Å²) in [7, 11) is 0. The average Bonchev–Trinajstić information content (AvgIpc) is 2.32. The minimum absolute atomic E-state index is 0.0575. The normalized spacial score (nSPS) is 21.8. The highest BCUT2D eigenvalue weighted by atomic mass is 32.2. The number of nitrogens with zero attached hydrogens (tertiary/aromatic N) is 2. The molecular weight excluding hydrogens is 230 g/mol. The van der Waals surface area contributed by atoms with Crippen LogP contribution in [0.4, 0.5) is 0 Å². The Labute approximate surface area is 106 Å². The summed E-state index contributed by atoms with van der Waals surface area (Å²) in [6, 6.07) is 8.48. The molecule has 1 aliphatic heterocycles. The predicted octanol–water partition coefficient (Wildman–Crippen LogP) is 2.85. The fraction of sp³-hybridized carbons (Fsp3) is 0.385. The molecule has 3 nitrogen and oxygen atoms in total. The Bertz CT molecular complexity index is 474. The van der Waals surface area contributed by atoms with Crippen LogP contribution in [0, 0.1) is 11.5 Å². The van der Waals surface area contributed by atoms with Gasteiger partial charge in [-0.1, -0.05) is 24.3 Å². The van der Waals surface area contributed by atoms with Crippen LogP contribution in [0.15, 0.2) is 29.3 Å². The van der Waals surface area contributed by atoms with E-state index < -0.39 is 0 Å². The third-order valence-electron chi connectivity index (χ3n) is 2.96. The first kappa shape index (κ1) is 12.0. The van der Waals surface area contributed by atoms with Crippen LogP contribution in [0.5, 0.6) is 0 Å². The summed E-state index contributed by atoms with van der Waals surface area (Å²) >= 11 is 1.90. The molecule has 0 bridgehead atoms. The number of nitrogens with one attached hydrogen (secondary N) is 1. The Morgan fingerprint density at radius 1 is 1.53 bits per heavy atom. The number of rotatable bonds is 2. The summed E-state index contributed by atoms with van der Waals surface area (Å²) in [6.45, 7) is 4.39. The van der Waals surface area contributed by atoms with Crippen LogP contribution < -0.4 is 5.32 Å². The molecule has 17 heavy (non-hydrogen) atoms. The number of hydrogen-bond acceptors (Lipinski definition) is 3. The van der Waals surface area contributed by atoms with Crippen molar-refractivity contribution in [3.05, 3.63) is 35.4 Å². The van der Waals surface area contributed by atoms with Gasteiger partial charge >= 0.3 is 0 Å². The van der Waals surface area contributed by atoms with E-state index in [1.165, 1.54) is 17.5 Å². The van der Waals surface area contributed by atoms with E-state index in [1.807, 2.05) is 24.0 Å². The smallest absolute Gasteiger partial charge is 0.182 e. The fourth-order valence-electron chi connectivity index (χ4n) is 2.05. The molecule has 0 amide bonds. The van der Waals surface area contributed by atoms with Crippen molar-refractivity contribution in [3.8, 4) is 6.19 Å². The van der Waals surface area contributed by atoms with Gasteiger partial charge in [0.2, 0.25) is 0 Å². The molecule has 88 valence electrons. The maximum absolute atomic E-state index is 8.46. The minimum atomic E-state index is 0.0575. The van der Waals surface area contributed by atoms with Gasteiger partial charge in [0.05, 0.1) is 12.4 Å². The van der Waals surface area contributed by atoms with Crippen molar-refractivity contribution in [3.63, 3.8) is 0 Å². The Morgan fingerprint density at radius 2 is 2.29 bits per heavy atom. The topological polar surface area (TPSA) is 48.2 Å². The van der Waals surface area contributed by atoms with Gasteiger partial charge in [-0.3, -0.25) is 10.3 Å². The molecule has 1 aliphatic rings. The molecule has 0 fully saturated rings. The van der Waals surface area contributed by atoms with Gasteiger partial charge in [-0.25, -0.2) is 0 Å². The van der Waals surface area contributed by atoms with Crippen LogP contribution in [-0.2, 0) is 5.75 Å². The van der Waals surface area contributed by atoms with E-state index in [0.717, 1.165) is 5.75 Å². The van der Waals surface area contributed by atoms with Crippen LogP contribution in [-0.4, -0.2) is 11.1 Å². The lowest BCUT2D eigenvalue weighted by atomic mass is 9.92. The van der Waals surface area contributed by atoms with E-state index in [0.29, 0.717) is 0 Å². The Kier molecular flexibility index (Phi) is 3.39. The first-order valence-corrected chi connectivity index (χ1v) is 6.52. The van der Waals surface area contributed by atoms with Crippen molar-refractivity contribution in [2.24, 2.45) is 4.99 Å². The van der Waals surface area contributed by atoms with Crippen LogP contribution in [0.2, 0.25) is 0 Å². The zero-order valence-electron chi connectivity index (χ0n) is 9.97. The molecule has 1 aromatic carbocycles. The summed E-state index contributed by atoms with van der Waals surface area (Å²) in [5.41, 5.74) is 2.61. The molecule has 4 heteroatoms. The zero-order chi connectivity index (χ0) is 12.3. The molecule has 1 N–H and O–H groups in total. The fourth-order valence-corrected chi connectivity index (χ4v) is 3.19.